The molecule has 0 radical (unpaired) electrons. The number of amides is 2. The molecule has 0 spiro atoms. The Labute approximate surface area is 232 Å². The van der Waals surface area contributed by atoms with Crippen LogP contribution in [0, 0.1) is 0 Å². The van der Waals surface area contributed by atoms with E-state index in [1.807, 2.05) is 6.92 Å². The van der Waals surface area contributed by atoms with Gasteiger partial charge in [-0.15, -0.1) is 11.3 Å². The lowest BCUT2D eigenvalue weighted by Gasteiger charge is -2.32. The summed E-state index contributed by atoms with van der Waals surface area (Å²) in [6.07, 6.45) is -2.07. The Kier molecular flexibility index (Phi) is 8.42. The van der Waals surface area contributed by atoms with E-state index in [1.54, 1.807) is 0 Å². The smallest absolute Gasteiger partial charge is 0.389 e. The van der Waals surface area contributed by atoms with Crippen molar-refractivity contribution in [3.05, 3.63) is 28.5 Å². The van der Waals surface area contributed by atoms with Crippen LogP contribution in [0.2, 0.25) is 0 Å². The number of likely N-dealkylation sites (tertiary alicyclic amines) is 1. The predicted molar refractivity (Wildman–Crippen MR) is 140 cm³/mol. The van der Waals surface area contributed by atoms with Crippen molar-refractivity contribution in [3.8, 4) is 10.4 Å². The van der Waals surface area contributed by atoms with Crippen molar-refractivity contribution < 1.29 is 36.6 Å². The van der Waals surface area contributed by atoms with E-state index < -0.39 is 46.7 Å². The van der Waals surface area contributed by atoms with Gasteiger partial charge in [0.2, 0.25) is 0 Å². The third-order valence-electron chi connectivity index (χ3n) is 7.06. The van der Waals surface area contributed by atoms with Crippen LogP contribution in [-0.4, -0.2) is 68.5 Å². The third kappa shape index (κ3) is 6.70. The van der Waals surface area contributed by atoms with Gasteiger partial charge in [0.05, 0.1) is 22.1 Å². The molecule has 2 fully saturated rings. The van der Waals surface area contributed by atoms with E-state index in [1.165, 1.54) is 18.7 Å². The van der Waals surface area contributed by atoms with Crippen LogP contribution in [0.4, 0.5) is 27.8 Å². The lowest BCUT2D eigenvalue weighted by molar-refractivity contribution is -0.137. The molecule has 2 aliphatic rings. The Bertz CT molecular complexity index is 1260. The molecule has 0 aromatic carbocycles. The average molecular weight is 590 g/mol. The van der Waals surface area contributed by atoms with Gasteiger partial charge in [0, 0.05) is 37.3 Å². The number of hydrogen-bond donors (Lipinski definition) is 3. The summed E-state index contributed by atoms with van der Waals surface area (Å²) in [4.78, 5) is 35.7. The Hall–Kier alpha value is -2.87. The van der Waals surface area contributed by atoms with Crippen LogP contribution in [0.15, 0.2) is 12.3 Å². The predicted octanol–water partition coefficient (Wildman–Crippen LogP) is 5.34. The molecule has 14 heteroatoms. The maximum absolute atomic E-state index is 14.4. The lowest BCUT2D eigenvalue weighted by atomic mass is 9.91. The fourth-order valence-corrected chi connectivity index (χ4v) is 5.89. The molecule has 3 heterocycles. The fraction of sp³-hybridized carbons (Fsp3) is 0.615. The fourth-order valence-electron chi connectivity index (χ4n) is 4.89. The van der Waals surface area contributed by atoms with Crippen LogP contribution in [0.3, 0.4) is 0 Å². The molecule has 2 amide bonds. The number of anilines is 1. The molecule has 8 nitrogen and oxygen atoms in total. The topological polar surface area (TPSA) is 107 Å². The van der Waals surface area contributed by atoms with Crippen molar-refractivity contribution in [1.82, 2.24) is 20.2 Å². The van der Waals surface area contributed by atoms with Crippen molar-refractivity contribution in [3.63, 3.8) is 0 Å². The molecular formula is C26H32F5N5O3S. The Morgan fingerprint density at radius 3 is 2.52 bits per heavy atom. The number of pyridine rings is 1. The maximum atomic E-state index is 14.4. The number of carbonyl (C=O) groups excluding carboxylic acids is 2. The van der Waals surface area contributed by atoms with Crippen molar-refractivity contribution in [2.45, 2.75) is 89.1 Å². The van der Waals surface area contributed by atoms with Crippen molar-refractivity contribution in [1.29, 1.82) is 0 Å². The standard InChI is InChI=1S/C26H32F5N5O3S/c1-14-7-6-10-36(14)23(38)19-20(40-22(35-19)21(37)33-13-24(2,3)39)15-12-32-18(11-16(15)26(29,30)31)34-17-8-4-5-9-25(17,27)28/h11-12,14,17,39H,4-10,13H2,1-3H3,(H,32,34)(H,33,37)/t14?,17-/m0/s1. The minimum absolute atomic E-state index is 0.0857. The molecule has 2 aromatic rings. The van der Waals surface area contributed by atoms with Crippen LogP contribution < -0.4 is 10.6 Å². The second-order valence-electron chi connectivity index (χ2n) is 11.0. The first-order valence-corrected chi connectivity index (χ1v) is 13.9. The first-order valence-electron chi connectivity index (χ1n) is 13.1. The van der Waals surface area contributed by atoms with Crippen LogP contribution in [0.25, 0.3) is 10.4 Å². The van der Waals surface area contributed by atoms with Crippen molar-refractivity contribution >= 4 is 29.0 Å². The molecule has 40 heavy (non-hydrogen) atoms. The summed E-state index contributed by atoms with van der Waals surface area (Å²) >= 11 is 0.598. The minimum Gasteiger partial charge on any atom is -0.389 e. The molecular weight excluding hydrogens is 557 g/mol. The van der Waals surface area contributed by atoms with E-state index in [-0.39, 0.29) is 46.8 Å². The summed E-state index contributed by atoms with van der Waals surface area (Å²) in [7, 11) is 0. The van der Waals surface area contributed by atoms with Gasteiger partial charge in [-0.25, -0.2) is 18.7 Å². The Morgan fingerprint density at radius 2 is 1.93 bits per heavy atom. The number of aromatic nitrogens is 2. The van der Waals surface area contributed by atoms with Gasteiger partial charge >= 0.3 is 6.18 Å². The zero-order chi connectivity index (χ0) is 29.5. The number of carbonyl (C=O) groups is 2. The average Bonchev–Trinajstić information content (AvgIpc) is 3.49. The van der Waals surface area contributed by atoms with Gasteiger partial charge in [-0.2, -0.15) is 13.2 Å². The summed E-state index contributed by atoms with van der Waals surface area (Å²) in [5.41, 5.74) is -3.26. The SMILES string of the molecule is CC1CCCN1C(=O)c1nc(C(=O)NCC(C)(C)O)sc1-c1cnc(N[C@H]2CCCCC2(F)F)cc1C(F)(F)F. The highest BCUT2D eigenvalue weighted by Gasteiger charge is 2.43. The quantitative estimate of drug-likeness (QED) is 0.377. The van der Waals surface area contributed by atoms with Crippen LogP contribution in [0.5, 0.6) is 0 Å². The Balaban J connectivity index is 1.77. The summed E-state index contributed by atoms with van der Waals surface area (Å²) in [5.74, 6) is -4.83. The summed E-state index contributed by atoms with van der Waals surface area (Å²) in [6.45, 7) is 4.97. The van der Waals surface area contributed by atoms with Gasteiger partial charge in [0.25, 0.3) is 17.7 Å². The van der Waals surface area contributed by atoms with E-state index in [9.17, 15) is 36.6 Å². The molecule has 3 N–H and O–H groups in total. The number of thiazole rings is 1. The molecule has 220 valence electrons. The molecule has 4 rings (SSSR count). The van der Waals surface area contributed by atoms with Gasteiger partial charge in [0.15, 0.2) is 5.01 Å². The van der Waals surface area contributed by atoms with E-state index in [0.717, 1.165) is 6.20 Å². The number of nitrogens with zero attached hydrogens (tertiary/aromatic N) is 3. The summed E-state index contributed by atoms with van der Waals surface area (Å²) in [5, 5.41) is 14.6. The normalized spacial score (nSPS) is 21.4. The molecule has 2 atom stereocenters. The summed E-state index contributed by atoms with van der Waals surface area (Å²) in [6, 6.07) is -0.872. The maximum Gasteiger partial charge on any atom is 0.417 e. The van der Waals surface area contributed by atoms with Gasteiger partial charge in [-0.3, -0.25) is 9.59 Å². The largest absolute Gasteiger partial charge is 0.417 e. The van der Waals surface area contributed by atoms with Crippen molar-refractivity contribution in [2.75, 3.05) is 18.4 Å². The zero-order valence-electron chi connectivity index (χ0n) is 22.4. The number of hydrogen-bond acceptors (Lipinski definition) is 7. The minimum atomic E-state index is -4.93. The third-order valence-corrected chi connectivity index (χ3v) is 8.15. The molecule has 1 saturated carbocycles. The lowest BCUT2D eigenvalue weighted by Crippen LogP contribution is -2.42. The first-order chi connectivity index (χ1) is 18.6. The number of halogens is 5. The summed E-state index contributed by atoms with van der Waals surface area (Å²) < 4.78 is 71.7. The second kappa shape index (κ2) is 11.2. The van der Waals surface area contributed by atoms with Crippen LogP contribution in [0.1, 0.15) is 85.2 Å². The Morgan fingerprint density at radius 1 is 1.20 bits per heavy atom. The van der Waals surface area contributed by atoms with E-state index in [0.29, 0.717) is 49.6 Å². The molecule has 1 unspecified atom stereocenters. The number of aliphatic hydroxyl groups is 1. The van der Waals surface area contributed by atoms with E-state index in [4.69, 9.17) is 0 Å². The van der Waals surface area contributed by atoms with E-state index >= 15 is 0 Å². The van der Waals surface area contributed by atoms with Gasteiger partial charge in [-0.05, 0) is 52.5 Å². The van der Waals surface area contributed by atoms with Crippen molar-refractivity contribution in [2.24, 2.45) is 0 Å². The van der Waals surface area contributed by atoms with Gasteiger partial charge < -0.3 is 20.6 Å². The highest BCUT2D eigenvalue weighted by atomic mass is 32.1. The molecule has 1 aliphatic heterocycles. The van der Waals surface area contributed by atoms with Gasteiger partial charge in [-0.1, -0.05) is 6.42 Å². The highest BCUT2D eigenvalue weighted by Crippen LogP contribution is 2.43. The number of rotatable bonds is 7. The second-order valence-corrected chi connectivity index (χ2v) is 12.0. The molecule has 1 aliphatic carbocycles. The van der Waals surface area contributed by atoms with E-state index in [2.05, 4.69) is 20.6 Å². The molecule has 1 saturated heterocycles. The molecule has 2 aromatic heterocycles. The monoisotopic (exact) mass is 589 g/mol. The molecule has 0 bridgehead atoms. The van der Waals surface area contributed by atoms with Crippen LogP contribution >= 0.6 is 11.3 Å². The zero-order valence-corrected chi connectivity index (χ0v) is 23.2. The number of nitrogens with one attached hydrogen (secondary N) is 2. The highest BCUT2D eigenvalue weighted by molar-refractivity contribution is 7.17. The first kappa shape index (κ1) is 30.1. The number of alkyl halides is 5. The van der Waals surface area contributed by atoms with Crippen LogP contribution in [-0.2, 0) is 6.18 Å². The van der Waals surface area contributed by atoms with Gasteiger partial charge in [0.1, 0.15) is 11.5 Å².